The summed E-state index contributed by atoms with van der Waals surface area (Å²) in [6.45, 7) is 0. The van der Waals surface area contributed by atoms with Crippen LogP contribution in [0.5, 0.6) is 0 Å². The Morgan fingerprint density at radius 1 is 1.25 bits per heavy atom. The van der Waals surface area contributed by atoms with E-state index in [9.17, 15) is 13.5 Å². The van der Waals surface area contributed by atoms with E-state index in [1.807, 2.05) is 28.8 Å². The fraction of sp³-hybridized carbons (Fsp3) is 0.357. The molecular weight excluding hydrogens is 276 g/mol. The van der Waals surface area contributed by atoms with Crippen molar-refractivity contribution in [1.29, 1.82) is 0 Å². The molecule has 6 heteroatoms. The van der Waals surface area contributed by atoms with Crippen LogP contribution in [0.3, 0.4) is 0 Å². The van der Waals surface area contributed by atoms with Gasteiger partial charge >= 0.3 is 0 Å². The molecule has 0 bridgehead atoms. The molecule has 0 amide bonds. The number of aromatic nitrogens is 2. The molecule has 1 aromatic heterocycles. The summed E-state index contributed by atoms with van der Waals surface area (Å²) in [5.41, 5.74) is 3.14. The van der Waals surface area contributed by atoms with Crippen LogP contribution in [0.1, 0.15) is 11.6 Å². The Morgan fingerprint density at radius 3 is 2.80 bits per heavy atom. The molecule has 3 unspecified atom stereocenters. The maximum absolute atomic E-state index is 11.8. The molecule has 3 atom stereocenters. The lowest BCUT2D eigenvalue weighted by molar-refractivity contribution is 0.128. The van der Waals surface area contributed by atoms with E-state index in [2.05, 4.69) is 4.98 Å². The second kappa shape index (κ2) is 3.93. The summed E-state index contributed by atoms with van der Waals surface area (Å²) in [5, 5.41) is 10.2. The average Bonchev–Trinajstić information content (AvgIpc) is 3.02. The third-order valence-electron chi connectivity index (χ3n) is 4.29. The fourth-order valence-corrected chi connectivity index (χ4v) is 5.36. The molecule has 3 heterocycles. The van der Waals surface area contributed by atoms with Crippen LogP contribution in [-0.4, -0.2) is 40.7 Å². The Kier molecular flexibility index (Phi) is 2.38. The molecule has 0 spiro atoms. The SMILES string of the molecule is O=S1(=O)CC(O)C(C2c3ccccc3-c3cncn32)C1. The number of fused-ring (bicyclic) bond motifs is 3. The summed E-state index contributed by atoms with van der Waals surface area (Å²) in [6.07, 6.45) is 2.69. The van der Waals surface area contributed by atoms with Crippen molar-refractivity contribution in [2.45, 2.75) is 12.1 Å². The summed E-state index contributed by atoms with van der Waals surface area (Å²) in [5.74, 6) is -0.415. The number of rotatable bonds is 1. The van der Waals surface area contributed by atoms with Gasteiger partial charge in [0.1, 0.15) is 0 Å². The number of aliphatic hydroxyl groups excluding tert-OH is 1. The molecule has 2 aromatic rings. The highest BCUT2D eigenvalue weighted by Gasteiger charge is 2.45. The molecule has 1 aromatic carbocycles. The number of hydrogen-bond donors (Lipinski definition) is 1. The fourth-order valence-electron chi connectivity index (χ4n) is 3.47. The lowest BCUT2D eigenvalue weighted by Crippen LogP contribution is -2.27. The van der Waals surface area contributed by atoms with Crippen molar-refractivity contribution in [2.24, 2.45) is 5.92 Å². The van der Waals surface area contributed by atoms with Crippen molar-refractivity contribution in [2.75, 3.05) is 11.5 Å². The molecule has 1 fully saturated rings. The molecule has 0 aliphatic carbocycles. The van der Waals surface area contributed by atoms with Gasteiger partial charge in [-0.15, -0.1) is 0 Å². The van der Waals surface area contributed by atoms with Gasteiger partial charge in [0.25, 0.3) is 0 Å². The topological polar surface area (TPSA) is 72.2 Å². The Balaban J connectivity index is 1.87. The van der Waals surface area contributed by atoms with Gasteiger partial charge in [0.2, 0.25) is 0 Å². The van der Waals surface area contributed by atoms with Crippen LogP contribution >= 0.6 is 0 Å². The van der Waals surface area contributed by atoms with E-state index < -0.39 is 15.9 Å². The predicted molar refractivity (Wildman–Crippen MR) is 74.0 cm³/mol. The minimum atomic E-state index is -3.15. The largest absolute Gasteiger partial charge is 0.392 e. The number of benzene rings is 1. The van der Waals surface area contributed by atoms with Gasteiger partial charge in [-0.25, -0.2) is 13.4 Å². The molecule has 0 saturated carbocycles. The van der Waals surface area contributed by atoms with E-state index in [1.54, 1.807) is 12.5 Å². The lowest BCUT2D eigenvalue weighted by Gasteiger charge is -2.23. The van der Waals surface area contributed by atoms with E-state index in [4.69, 9.17) is 0 Å². The van der Waals surface area contributed by atoms with Crippen LogP contribution in [0.2, 0.25) is 0 Å². The van der Waals surface area contributed by atoms with Crippen molar-refractivity contribution >= 4 is 9.84 Å². The quantitative estimate of drug-likeness (QED) is 0.845. The van der Waals surface area contributed by atoms with Gasteiger partial charge in [0.15, 0.2) is 9.84 Å². The van der Waals surface area contributed by atoms with Gasteiger partial charge in [-0.05, 0) is 5.56 Å². The molecule has 2 aliphatic rings. The molecule has 4 rings (SSSR count). The second-order valence-electron chi connectivity index (χ2n) is 5.53. The van der Waals surface area contributed by atoms with E-state index in [1.165, 1.54) is 0 Å². The summed E-state index contributed by atoms with van der Waals surface area (Å²) in [7, 11) is -3.15. The zero-order valence-electron chi connectivity index (χ0n) is 10.7. The standard InChI is InChI=1S/C14H14N2O3S/c17-13-7-20(18,19)6-11(13)14-10-4-2-1-3-9(10)12-5-15-8-16(12)14/h1-5,8,11,13-14,17H,6-7H2. The van der Waals surface area contributed by atoms with Crippen molar-refractivity contribution in [3.05, 3.63) is 42.4 Å². The molecule has 104 valence electrons. The van der Waals surface area contributed by atoms with E-state index in [-0.39, 0.29) is 23.5 Å². The number of hydrogen-bond acceptors (Lipinski definition) is 4. The first-order valence-electron chi connectivity index (χ1n) is 6.56. The maximum Gasteiger partial charge on any atom is 0.153 e. The Labute approximate surface area is 116 Å². The van der Waals surface area contributed by atoms with Gasteiger partial charge in [0.05, 0.1) is 41.9 Å². The number of aliphatic hydroxyl groups is 1. The van der Waals surface area contributed by atoms with E-state index in [0.29, 0.717) is 0 Å². The van der Waals surface area contributed by atoms with Crippen LogP contribution in [0.15, 0.2) is 36.8 Å². The van der Waals surface area contributed by atoms with Gasteiger partial charge in [0, 0.05) is 11.5 Å². The first kappa shape index (κ1) is 12.1. The summed E-state index contributed by atoms with van der Waals surface area (Å²) >= 11 is 0. The van der Waals surface area contributed by atoms with Crippen LogP contribution in [0, 0.1) is 5.92 Å². The van der Waals surface area contributed by atoms with Crippen molar-refractivity contribution < 1.29 is 13.5 Å². The summed E-state index contributed by atoms with van der Waals surface area (Å²) in [6, 6.07) is 7.78. The molecule has 5 nitrogen and oxygen atoms in total. The van der Waals surface area contributed by atoms with Gasteiger partial charge < -0.3 is 9.67 Å². The molecule has 1 saturated heterocycles. The highest BCUT2D eigenvalue weighted by molar-refractivity contribution is 7.91. The smallest absolute Gasteiger partial charge is 0.153 e. The number of sulfone groups is 1. The molecule has 2 aliphatic heterocycles. The summed E-state index contributed by atoms with van der Waals surface area (Å²) < 4.78 is 25.6. The van der Waals surface area contributed by atoms with Crippen LogP contribution < -0.4 is 0 Å². The van der Waals surface area contributed by atoms with Crippen LogP contribution in [0.4, 0.5) is 0 Å². The first-order chi connectivity index (χ1) is 9.57. The minimum Gasteiger partial charge on any atom is -0.392 e. The third kappa shape index (κ3) is 1.58. The van der Waals surface area contributed by atoms with Crippen LogP contribution in [-0.2, 0) is 9.84 Å². The van der Waals surface area contributed by atoms with Crippen molar-refractivity contribution in [1.82, 2.24) is 9.55 Å². The average molecular weight is 290 g/mol. The highest BCUT2D eigenvalue weighted by Crippen LogP contribution is 2.45. The zero-order chi connectivity index (χ0) is 13.9. The first-order valence-corrected chi connectivity index (χ1v) is 8.38. The van der Waals surface area contributed by atoms with Crippen molar-refractivity contribution in [3.8, 4) is 11.3 Å². The molecule has 1 N–H and O–H groups in total. The Bertz CT molecular complexity index is 781. The van der Waals surface area contributed by atoms with Crippen molar-refractivity contribution in [3.63, 3.8) is 0 Å². The van der Waals surface area contributed by atoms with Gasteiger partial charge in [-0.2, -0.15) is 0 Å². The minimum absolute atomic E-state index is 0.0325. The zero-order valence-corrected chi connectivity index (χ0v) is 11.5. The third-order valence-corrected chi connectivity index (χ3v) is 6.03. The van der Waals surface area contributed by atoms with Crippen LogP contribution in [0.25, 0.3) is 11.3 Å². The van der Waals surface area contributed by atoms with Gasteiger partial charge in [-0.3, -0.25) is 0 Å². The molecule has 0 radical (unpaired) electrons. The Hall–Kier alpha value is -1.66. The lowest BCUT2D eigenvalue weighted by atomic mass is 9.90. The molecule has 20 heavy (non-hydrogen) atoms. The van der Waals surface area contributed by atoms with E-state index in [0.717, 1.165) is 16.8 Å². The maximum atomic E-state index is 11.8. The summed E-state index contributed by atoms with van der Waals surface area (Å²) in [4.78, 5) is 4.16. The van der Waals surface area contributed by atoms with E-state index >= 15 is 0 Å². The second-order valence-corrected chi connectivity index (χ2v) is 7.68. The Morgan fingerprint density at radius 2 is 2.05 bits per heavy atom. The normalized spacial score (nSPS) is 30.1. The number of imidazole rings is 1. The van der Waals surface area contributed by atoms with Gasteiger partial charge in [-0.1, -0.05) is 24.3 Å². The molecular formula is C14H14N2O3S. The monoisotopic (exact) mass is 290 g/mol. The number of nitrogens with zero attached hydrogens (tertiary/aromatic N) is 2. The highest BCUT2D eigenvalue weighted by atomic mass is 32.2. The predicted octanol–water partition coefficient (Wildman–Crippen LogP) is 0.858.